The van der Waals surface area contributed by atoms with Crippen molar-refractivity contribution in [2.45, 2.75) is 6.61 Å². The van der Waals surface area contributed by atoms with Gasteiger partial charge in [-0.1, -0.05) is 11.6 Å². The number of halogens is 2. The third-order valence-corrected chi connectivity index (χ3v) is 3.40. The number of hydrogen-bond donors (Lipinski definition) is 1. The number of hydrogen-bond acceptors (Lipinski definition) is 4. The van der Waals surface area contributed by atoms with Crippen molar-refractivity contribution in [3.63, 3.8) is 0 Å². The molecule has 0 radical (unpaired) electrons. The maximum absolute atomic E-state index is 13.0. The number of amides is 1. The van der Waals surface area contributed by atoms with Gasteiger partial charge < -0.3 is 14.5 Å². The van der Waals surface area contributed by atoms with E-state index in [1.165, 1.54) is 18.2 Å². The number of nitrogens with zero attached hydrogens (tertiary/aromatic N) is 2. The molecule has 3 rings (SSSR count). The number of ether oxygens (including phenoxy) is 1. The van der Waals surface area contributed by atoms with Crippen LogP contribution in [0.2, 0.25) is 5.02 Å². The summed E-state index contributed by atoms with van der Waals surface area (Å²) in [4.78, 5) is 12.0. The van der Waals surface area contributed by atoms with Crippen LogP contribution >= 0.6 is 11.6 Å². The highest BCUT2D eigenvalue weighted by Crippen LogP contribution is 2.26. The Morgan fingerprint density at radius 3 is 2.92 bits per heavy atom. The Morgan fingerprint density at radius 1 is 1.38 bits per heavy atom. The average molecular weight is 350 g/mol. The Labute approximate surface area is 141 Å². The molecule has 0 aliphatic heterocycles. The lowest BCUT2D eigenvalue weighted by Gasteiger charge is -2.06. The topological polar surface area (TPSA) is 69.3 Å². The van der Waals surface area contributed by atoms with E-state index < -0.39 is 11.7 Å². The Balaban J connectivity index is 1.61. The molecule has 1 amide bonds. The Kier molecular flexibility index (Phi) is 4.52. The van der Waals surface area contributed by atoms with Crippen molar-refractivity contribution < 1.29 is 18.3 Å². The third-order valence-electron chi connectivity index (χ3n) is 3.10. The normalized spacial score (nSPS) is 10.6. The van der Waals surface area contributed by atoms with Crippen LogP contribution in [0.25, 0.3) is 0 Å². The molecule has 0 unspecified atom stereocenters. The zero-order valence-electron chi connectivity index (χ0n) is 12.6. The molecule has 0 bridgehead atoms. The van der Waals surface area contributed by atoms with Gasteiger partial charge in [0.15, 0.2) is 11.6 Å². The van der Waals surface area contributed by atoms with Gasteiger partial charge in [0.1, 0.15) is 23.9 Å². The summed E-state index contributed by atoms with van der Waals surface area (Å²) >= 11 is 5.88. The Bertz CT molecular complexity index is 875. The second-order valence-corrected chi connectivity index (χ2v) is 5.37. The van der Waals surface area contributed by atoms with Crippen LogP contribution < -0.4 is 10.1 Å². The maximum Gasteiger partial charge on any atom is 0.292 e. The fourth-order valence-electron chi connectivity index (χ4n) is 1.98. The monoisotopic (exact) mass is 349 g/mol. The Morgan fingerprint density at radius 2 is 2.21 bits per heavy atom. The first kappa shape index (κ1) is 16.1. The molecule has 1 N–H and O–H groups in total. The number of aryl methyl sites for hydroxylation is 1. The number of benzene rings is 1. The van der Waals surface area contributed by atoms with E-state index in [4.69, 9.17) is 20.8 Å². The minimum absolute atomic E-state index is 0.0578. The molecular weight excluding hydrogens is 337 g/mol. The molecule has 3 aromatic rings. The van der Waals surface area contributed by atoms with Crippen LogP contribution in [0.15, 0.2) is 47.0 Å². The number of furan rings is 1. The Hall–Kier alpha value is -2.80. The van der Waals surface area contributed by atoms with Crippen molar-refractivity contribution in [3.8, 4) is 5.75 Å². The van der Waals surface area contributed by atoms with Crippen molar-refractivity contribution in [2.24, 2.45) is 7.05 Å². The average Bonchev–Trinajstić information content (AvgIpc) is 3.15. The largest absolute Gasteiger partial charge is 0.484 e. The van der Waals surface area contributed by atoms with E-state index >= 15 is 0 Å². The third kappa shape index (κ3) is 3.75. The van der Waals surface area contributed by atoms with Crippen LogP contribution in [0.4, 0.5) is 10.2 Å². The minimum atomic E-state index is -0.446. The molecule has 0 atom stereocenters. The van der Waals surface area contributed by atoms with Crippen LogP contribution in [0.1, 0.15) is 16.3 Å². The molecule has 0 spiro atoms. The summed E-state index contributed by atoms with van der Waals surface area (Å²) in [7, 11) is 1.75. The summed E-state index contributed by atoms with van der Waals surface area (Å²) in [5.41, 5.74) is 0. The lowest BCUT2D eigenvalue weighted by molar-refractivity contribution is 0.0992. The number of anilines is 1. The minimum Gasteiger partial charge on any atom is -0.484 e. The van der Waals surface area contributed by atoms with Gasteiger partial charge in [-0.3, -0.25) is 9.48 Å². The molecular formula is C16H13ClFN3O3. The summed E-state index contributed by atoms with van der Waals surface area (Å²) in [6.07, 6.45) is 1.71. The van der Waals surface area contributed by atoms with E-state index in [2.05, 4.69) is 10.4 Å². The fourth-order valence-corrected chi connectivity index (χ4v) is 2.20. The van der Waals surface area contributed by atoms with Crippen LogP contribution in [0, 0.1) is 5.82 Å². The van der Waals surface area contributed by atoms with Gasteiger partial charge in [0, 0.05) is 19.3 Å². The van der Waals surface area contributed by atoms with Gasteiger partial charge in [0.2, 0.25) is 0 Å². The molecule has 8 heteroatoms. The lowest BCUT2D eigenvalue weighted by atomic mass is 10.3. The number of carbonyl (C=O) groups is 1. The van der Waals surface area contributed by atoms with E-state index in [0.29, 0.717) is 17.3 Å². The standard InChI is InChI=1S/C16H13ClFN3O3/c1-21-7-6-15(20-21)19-16(22)14-5-3-11(24-14)9-23-13-4-2-10(18)8-12(13)17/h2-8H,9H2,1H3,(H,19,20,22). The summed E-state index contributed by atoms with van der Waals surface area (Å²) in [5.74, 6) is 0.452. The lowest BCUT2D eigenvalue weighted by Crippen LogP contribution is -2.11. The molecule has 6 nitrogen and oxygen atoms in total. The quantitative estimate of drug-likeness (QED) is 0.763. The summed E-state index contributed by atoms with van der Waals surface area (Å²) < 4.78 is 25.4. The summed E-state index contributed by atoms with van der Waals surface area (Å²) in [6.45, 7) is 0.0578. The van der Waals surface area contributed by atoms with Gasteiger partial charge in [-0.05, 0) is 30.3 Å². The van der Waals surface area contributed by atoms with Gasteiger partial charge in [0.25, 0.3) is 5.91 Å². The first-order valence-corrected chi connectivity index (χ1v) is 7.36. The second kappa shape index (κ2) is 6.76. The van der Waals surface area contributed by atoms with Crippen molar-refractivity contribution in [3.05, 3.63) is 65.0 Å². The molecule has 0 fully saturated rings. The second-order valence-electron chi connectivity index (χ2n) is 4.96. The first-order chi connectivity index (χ1) is 11.5. The maximum atomic E-state index is 13.0. The predicted molar refractivity (Wildman–Crippen MR) is 85.6 cm³/mol. The van der Waals surface area contributed by atoms with Crippen LogP contribution in [-0.2, 0) is 13.7 Å². The molecule has 0 aliphatic rings. The van der Waals surface area contributed by atoms with E-state index in [1.807, 2.05) is 0 Å². The van der Waals surface area contributed by atoms with Crippen molar-refractivity contribution in [1.82, 2.24) is 9.78 Å². The van der Waals surface area contributed by atoms with E-state index in [9.17, 15) is 9.18 Å². The van der Waals surface area contributed by atoms with Crippen molar-refractivity contribution >= 4 is 23.3 Å². The molecule has 124 valence electrons. The number of nitrogens with one attached hydrogen (secondary N) is 1. The fraction of sp³-hybridized carbons (Fsp3) is 0.125. The van der Waals surface area contributed by atoms with E-state index in [-0.39, 0.29) is 17.4 Å². The highest BCUT2D eigenvalue weighted by Gasteiger charge is 2.13. The molecule has 0 saturated heterocycles. The molecule has 2 aromatic heterocycles. The number of carbonyl (C=O) groups excluding carboxylic acids is 1. The molecule has 0 aliphatic carbocycles. The van der Waals surface area contributed by atoms with E-state index in [1.54, 1.807) is 30.1 Å². The zero-order valence-corrected chi connectivity index (χ0v) is 13.4. The molecule has 1 aromatic carbocycles. The van der Waals surface area contributed by atoms with Gasteiger partial charge in [-0.2, -0.15) is 5.10 Å². The van der Waals surface area contributed by atoms with Crippen LogP contribution in [0.3, 0.4) is 0 Å². The van der Waals surface area contributed by atoms with Crippen LogP contribution in [-0.4, -0.2) is 15.7 Å². The molecule has 0 saturated carbocycles. The van der Waals surface area contributed by atoms with E-state index in [0.717, 1.165) is 6.07 Å². The SMILES string of the molecule is Cn1ccc(NC(=O)c2ccc(COc3ccc(F)cc3Cl)o2)n1. The van der Waals surface area contributed by atoms with Crippen molar-refractivity contribution in [1.29, 1.82) is 0 Å². The number of aromatic nitrogens is 2. The van der Waals surface area contributed by atoms with Gasteiger partial charge in [0.05, 0.1) is 5.02 Å². The smallest absolute Gasteiger partial charge is 0.292 e. The summed E-state index contributed by atoms with van der Waals surface area (Å²) in [5, 5.41) is 6.82. The highest BCUT2D eigenvalue weighted by atomic mass is 35.5. The number of rotatable bonds is 5. The van der Waals surface area contributed by atoms with Gasteiger partial charge in [-0.15, -0.1) is 0 Å². The van der Waals surface area contributed by atoms with Gasteiger partial charge in [-0.25, -0.2) is 4.39 Å². The zero-order chi connectivity index (χ0) is 17.1. The molecule has 24 heavy (non-hydrogen) atoms. The van der Waals surface area contributed by atoms with Crippen molar-refractivity contribution in [2.75, 3.05) is 5.32 Å². The highest BCUT2D eigenvalue weighted by molar-refractivity contribution is 6.32. The molecule has 2 heterocycles. The predicted octanol–water partition coefficient (Wildman–Crippen LogP) is 3.64. The summed E-state index contributed by atoms with van der Waals surface area (Å²) in [6, 6.07) is 8.64. The van der Waals surface area contributed by atoms with Gasteiger partial charge >= 0.3 is 0 Å². The van der Waals surface area contributed by atoms with Crippen LogP contribution in [0.5, 0.6) is 5.75 Å². The first-order valence-electron chi connectivity index (χ1n) is 6.99.